The fourth-order valence-electron chi connectivity index (χ4n) is 1.65. The lowest BCUT2D eigenvalue weighted by molar-refractivity contribution is 0.252. The zero-order chi connectivity index (χ0) is 13.0. The van der Waals surface area contributed by atoms with Crippen LogP contribution in [0.15, 0.2) is 54.6 Å². The van der Waals surface area contributed by atoms with Gasteiger partial charge in [-0.2, -0.15) is 0 Å². The smallest absolute Gasteiger partial charge is 0.331 e. The Hall–Kier alpha value is -1.94. The Bertz CT molecular complexity index is 525. The molecule has 0 aliphatic rings. The third kappa shape index (κ3) is 2.65. The van der Waals surface area contributed by atoms with Gasteiger partial charge >= 0.3 is 6.03 Å². The minimum atomic E-state index is -0.259. The molecule has 0 aliphatic carbocycles. The van der Waals surface area contributed by atoms with Crippen molar-refractivity contribution < 1.29 is 4.79 Å². The van der Waals surface area contributed by atoms with E-state index in [4.69, 9.17) is 0 Å². The minimum absolute atomic E-state index is 0.259. The molecule has 0 spiro atoms. The number of nitrogens with one attached hydrogen (secondary N) is 1. The second-order valence-corrected chi connectivity index (χ2v) is 4.18. The van der Waals surface area contributed by atoms with Crippen LogP contribution >= 0.6 is 12.8 Å². The molecular weight excluding hydrogens is 244 g/mol. The summed E-state index contributed by atoms with van der Waals surface area (Å²) >= 11 is 4.14. The predicted octanol–water partition coefficient (Wildman–Crippen LogP) is 3.34. The van der Waals surface area contributed by atoms with Gasteiger partial charge in [-0.25, -0.2) is 9.10 Å². The van der Waals surface area contributed by atoms with Gasteiger partial charge in [0.1, 0.15) is 0 Å². The number of nitrogens with zero attached hydrogens (tertiary/aromatic N) is 1. The summed E-state index contributed by atoms with van der Waals surface area (Å²) in [7, 11) is 1.57. The van der Waals surface area contributed by atoms with Crippen molar-refractivity contribution in [3.63, 3.8) is 0 Å². The highest BCUT2D eigenvalue weighted by atomic mass is 32.1. The maximum Gasteiger partial charge on any atom is 0.331 e. The van der Waals surface area contributed by atoms with Crippen LogP contribution in [0.25, 0.3) is 11.1 Å². The Kier molecular flexibility index (Phi) is 3.89. The van der Waals surface area contributed by atoms with Gasteiger partial charge in [0.05, 0.1) is 5.69 Å². The van der Waals surface area contributed by atoms with Crippen molar-refractivity contribution in [2.75, 3.05) is 11.4 Å². The van der Waals surface area contributed by atoms with E-state index < -0.39 is 0 Å². The lowest BCUT2D eigenvalue weighted by atomic mass is 10.1. The van der Waals surface area contributed by atoms with Gasteiger partial charge in [0, 0.05) is 7.05 Å². The molecule has 2 aromatic carbocycles. The molecule has 0 aliphatic heterocycles. The standard InChI is InChI=1S/C14H14N2OS/c1-15-14(17)16(18)13-9-7-12(8-10-13)11-5-3-2-4-6-11/h2-10,18H,1H3,(H,15,17). The van der Waals surface area contributed by atoms with E-state index >= 15 is 0 Å². The Morgan fingerprint density at radius 3 is 2.11 bits per heavy atom. The molecule has 2 rings (SSSR count). The molecule has 2 amide bonds. The lowest BCUT2D eigenvalue weighted by Crippen LogP contribution is -2.30. The molecule has 92 valence electrons. The van der Waals surface area contributed by atoms with Gasteiger partial charge in [-0.3, -0.25) is 0 Å². The van der Waals surface area contributed by atoms with Gasteiger partial charge in [0.25, 0.3) is 0 Å². The molecule has 0 aromatic heterocycles. The number of carbonyl (C=O) groups excluding carboxylic acids is 1. The number of anilines is 1. The first kappa shape index (κ1) is 12.5. The molecule has 0 atom stereocenters. The average molecular weight is 258 g/mol. The average Bonchev–Trinajstić information content (AvgIpc) is 2.47. The van der Waals surface area contributed by atoms with Crippen LogP contribution in [0.3, 0.4) is 0 Å². The van der Waals surface area contributed by atoms with Crippen molar-refractivity contribution in [2.24, 2.45) is 0 Å². The fraction of sp³-hybridized carbons (Fsp3) is 0.0714. The van der Waals surface area contributed by atoms with E-state index in [1.54, 1.807) is 7.05 Å². The molecule has 0 unspecified atom stereocenters. The highest BCUT2D eigenvalue weighted by Gasteiger charge is 2.09. The second kappa shape index (κ2) is 5.60. The maximum atomic E-state index is 11.4. The molecular formula is C14H14N2OS. The van der Waals surface area contributed by atoms with Crippen LogP contribution in [-0.4, -0.2) is 13.1 Å². The number of thiol groups is 1. The van der Waals surface area contributed by atoms with Crippen LogP contribution < -0.4 is 9.62 Å². The summed E-state index contributed by atoms with van der Waals surface area (Å²) in [5.41, 5.74) is 2.99. The maximum absolute atomic E-state index is 11.4. The summed E-state index contributed by atoms with van der Waals surface area (Å²) in [6.07, 6.45) is 0. The van der Waals surface area contributed by atoms with E-state index in [9.17, 15) is 4.79 Å². The number of rotatable bonds is 2. The predicted molar refractivity (Wildman–Crippen MR) is 77.8 cm³/mol. The first-order valence-electron chi connectivity index (χ1n) is 5.58. The van der Waals surface area contributed by atoms with Gasteiger partial charge in [-0.05, 0) is 23.3 Å². The third-order valence-corrected chi connectivity index (χ3v) is 3.04. The summed E-state index contributed by atoms with van der Waals surface area (Å²) in [4.78, 5) is 11.4. The SMILES string of the molecule is CNC(=O)N(S)c1ccc(-c2ccccc2)cc1. The van der Waals surface area contributed by atoms with E-state index in [0.717, 1.165) is 16.8 Å². The Morgan fingerprint density at radius 2 is 1.56 bits per heavy atom. The molecule has 2 aromatic rings. The van der Waals surface area contributed by atoms with Crippen molar-refractivity contribution >= 4 is 24.5 Å². The van der Waals surface area contributed by atoms with Crippen molar-refractivity contribution in [3.8, 4) is 11.1 Å². The number of hydrogen-bond donors (Lipinski definition) is 2. The first-order valence-corrected chi connectivity index (χ1v) is 5.98. The highest BCUT2D eigenvalue weighted by Crippen LogP contribution is 2.23. The lowest BCUT2D eigenvalue weighted by Gasteiger charge is -2.15. The van der Waals surface area contributed by atoms with Crippen LogP contribution in [0.1, 0.15) is 0 Å². The molecule has 4 heteroatoms. The van der Waals surface area contributed by atoms with Gasteiger partial charge in [0.2, 0.25) is 0 Å². The molecule has 0 saturated heterocycles. The summed E-state index contributed by atoms with van der Waals surface area (Å²) in [5, 5.41) is 2.52. The molecule has 0 heterocycles. The van der Waals surface area contributed by atoms with E-state index in [1.165, 1.54) is 4.31 Å². The monoisotopic (exact) mass is 258 g/mol. The number of hydrogen-bond acceptors (Lipinski definition) is 2. The normalized spacial score (nSPS) is 9.89. The van der Waals surface area contributed by atoms with Crippen LogP contribution in [-0.2, 0) is 0 Å². The number of urea groups is 1. The van der Waals surface area contributed by atoms with Crippen molar-refractivity contribution in [1.29, 1.82) is 0 Å². The Balaban J connectivity index is 2.23. The molecule has 0 saturated carbocycles. The summed E-state index contributed by atoms with van der Waals surface area (Å²) < 4.78 is 1.27. The number of carbonyl (C=O) groups is 1. The van der Waals surface area contributed by atoms with E-state index in [-0.39, 0.29) is 6.03 Å². The summed E-state index contributed by atoms with van der Waals surface area (Å²) in [6, 6.07) is 17.5. The second-order valence-electron chi connectivity index (χ2n) is 3.78. The van der Waals surface area contributed by atoms with Gasteiger partial charge in [-0.1, -0.05) is 55.3 Å². The third-order valence-electron chi connectivity index (χ3n) is 2.63. The quantitative estimate of drug-likeness (QED) is 0.796. The molecule has 3 nitrogen and oxygen atoms in total. The van der Waals surface area contributed by atoms with Crippen molar-refractivity contribution in [1.82, 2.24) is 5.32 Å². The van der Waals surface area contributed by atoms with E-state index in [1.807, 2.05) is 54.6 Å². The minimum Gasteiger partial charge on any atom is -0.340 e. The summed E-state index contributed by atoms with van der Waals surface area (Å²) in [5.74, 6) is 0. The van der Waals surface area contributed by atoms with E-state index in [0.29, 0.717) is 0 Å². The highest BCUT2D eigenvalue weighted by molar-refractivity contribution is 7.82. The molecule has 18 heavy (non-hydrogen) atoms. The Morgan fingerprint density at radius 1 is 1.00 bits per heavy atom. The van der Waals surface area contributed by atoms with Gasteiger partial charge < -0.3 is 5.32 Å². The van der Waals surface area contributed by atoms with Crippen LogP contribution in [0, 0.1) is 0 Å². The largest absolute Gasteiger partial charge is 0.340 e. The van der Waals surface area contributed by atoms with Crippen LogP contribution in [0.4, 0.5) is 10.5 Å². The Labute approximate surface area is 112 Å². The van der Waals surface area contributed by atoms with Gasteiger partial charge in [-0.15, -0.1) is 0 Å². The fourth-order valence-corrected chi connectivity index (χ4v) is 1.88. The van der Waals surface area contributed by atoms with Crippen LogP contribution in [0.5, 0.6) is 0 Å². The van der Waals surface area contributed by atoms with Crippen molar-refractivity contribution in [3.05, 3.63) is 54.6 Å². The molecule has 0 bridgehead atoms. The van der Waals surface area contributed by atoms with Gasteiger partial charge in [0.15, 0.2) is 0 Å². The van der Waals surface area contributed by atoms with Crippen LogP contribution in [0.2, 0.25) is 0 Å². The zero-order valence-corrected chi connectivity index (χ0v) is 10.9. The molecule has 1 N–H and O–H groups in total. The molecule has 0 radical (unpaired) electrons. The topological polar surface area (TPSA) is 32.3 Å². The van der Waals surface area contributed by atoms with Crippen molar-refractivity contribution in [2.45, 2.75) is 0 Å². The first-order chi connectivity index (χ1) is 8.72. The zero-order valence-electron chi connectivity index (χ0n) is 10.00. The number of amides is 2. The number of benzene rings is 2. The van der Waals surface area contributed by atoms with E-state index in [2.05, 4.69) is 18.1 Å². The summed E-state index contributed by atoms with van der Waals surface area (Å²) in [6.45, 7) is 0. The molecule has 0 fully saturated rings.